The van der Waals surface area contributed by atoms with E-state index in [4.69, 9.17) is 15.2 Å². The Morgan fingerprint density at radius 1 is 1.31 bits per heavy atom. The summed E-state index contributed by atoms with van der Waals surface area (Å²) in [6, 6.07) is 5.35. The van der Waals surface area contributed by atoms with Crippen molar-refractivity contribution in [1.82, 2.24) is 0 Å². The van der Waals surface area contributed by atoms with E-state index >= 15 is 0 Å². The number of amides is 1. The lowest BCUT2D eigenvalue weighted by Gasteiger charge is -2.08. The van der Waals surface area contributed by atoms with Crippen LogP contribution in [0.1, 0.15) is 26.3 Å². The van der Waals surface area contributed by atoms with Gasteiger partial charge in [-0.25, -0.2) is 4.79 Å². The molecule has 0 atom stereocenters. The fourth-order valence-corrected chi connectivity index (χ4v) is 1.12. The van der Waals surface area contributed by atoms with E-state index in [0.29, 0.717) is 11.5 Å². The van der Waals surface area contributed by atoms with E-state index in [1.807, 2.05) is 32.9 Å². The van der Waals surface area contributed by atoms with E-state index in [1.54, 1.807) is 6.07 Å². The van der Waals surface area contributed by atoms with E-state index < -0.39 is 6.09 Å². The van der Waals surface area contributed by atoms with Crippen LogP contribution in [0, 0.1) is 0 Å². The van der Waals surface area contributed by atoms with Gasteiger partial charge >= 0.3 is 6.09 Å². The van der Waals surface area contributed by atoms with Gasteiger partial charge in [0.25, 0.3) is 0 Å². The second kappa shape index (κ2) is 7.56. The molecule has 0 heterocycles. The highest BCUT2D eigenvalue weighted by Gasteiger charge is 2.07. The summed E-state index contributed by atoms with van der Waals surface area (Å²) in [6.07, 6.45) is 0.0558. The van der Waals surface area contributed by atoms with Gasteiger partial charge in [-0.3, -0.25) is 0 Å². The lowest BCUT2D eigenvalue weighted by molar-refractivity contribution is 0.208. The Labute approximate surface area is 96.4 Å². The van der Waals surface area contributed by atoms with Crippen LogP contribution in [-0.2, 0) is 6.42 Å². The molecule has 0 unspecified atom stereocenters. The van der Waals surface area contributed by atoms with Crippen LogP contribution in [-0.4, -0.2) is 13.2 Å². The van der Waals surface area contributed by atoms with Gasteiger partial charge in [-0.2, -0.15) is 0 Å². The number of hydrogen-bond acceptors (Lipinski definition) is 3. The van der Waals surface area contributed by atoms with Crippen molar-refractivity contribution in [1.29, 1.82) is 0 Å². The number of rotatable bonds is 3. The Balaban J connectivity index is 0.00000106. The zero-order chi connectivity index (χ0) is 12.6. The molecule has 1 aromatic carbocycles. The molecule has 0 aliphatic carbocycles. The summed E-state index contributed by atoms with van der Waals surface area (Å²) in [5.74, 6) is 0.861. The van der Waals surface area contributed by atoms with Crippen molar-refractivity contribution in [2.75, 3.05) is 7.11 Å². The van der Waals surface area contributed by atoms with Crippen molar-refractivity contribution in [3.8, 4) is 11.5 Å². The zero-order valence-corrected chi connectivity index (χ0v) is 10.2. The standard InChI is InChI=1S/C10H13NO3.C2H6/c1-3-7-4-5-8(14-10(11)12)9(6-7)13-2;1-2/h4-6H,3H2,1-2H3,(H2,11,12);1-2H3. The summed E-state index contributed by atoms with van der Waals surface area (Å²) in [6.45, 7) is 6.03. The Morgan fingerprint density at radius 3 is 2.38 bits per heavy atom. The van der Waals surface area contributed by atoms with Gasteiger partial charge in [0.15, 0.2) is 11.5 Å². The highest BCUT2D eigenvalue weighted by Crippen LogP contribution is 2.28. The lowest BCUT2D eigenvalue weighted by Crippen LogP contribution is -2.16. The molecule has 4 heteroatoms. The molecule has 0 fully saturated rings. The summed E-state index contributed by atoms with van der Waals surface area (Å²) >= 11 is 0. The number of hydrogen-bond donors (Lipinski definition) is 1. The van der Waals surface area contributed by atoms with Crippen molar-refractivity contribution in [2.24, 2.45) is 5.73 Å². The van der Waals surface area contributed by atoms with Crippen LogP contribution < -0.4 is 15.2 Å². The average Bonchev–Trinajstić information content (AvgIpc) is 2.31. The second-order valence-corrected chi connectivity index (χ2v) is 2.76. The van der Waals surface area contributed by atoms with E-state index in [1.165, 1.54) is 7.11 Å². The molecule has 0 aromatic heterocycles. The molecule has 0 saturated heterocycles. The van der Waals surface area contributed by atoms with E-state index in [0.717, 1.165) is 12.0 Å². The van der Waals surface area contributed by atoms with Crippen molar-refractivity contribution in [2.45, 2.75) is 27.2 Å². The van der Waals surface area contributed by atoms with Crippen molar-refractivity contribution in [3.63, 3.8) is 0 Å². The maximum absolute atomic E-state index is 10.5. The number of methoxy groups -OCH3 is 1. The molecule has 2 N–H and O–H groups in total. The topological polar surface area (TPSA) is 61.5 Å². The van der Waals surface area contributed by atoms with Crippen LogP contribution in [0.2, 0.25) is 0 Å². The normalized spacial score (nSPS) is 8.75. The van der Waals surface area contributed by atoms with Gasteiger partial charge in [0.2, 0.25) is 0 Å². The van der Waals surface area contributed by atoms with Gasteiger partial charge in [0.05, 0.1) is 7.11 Å². The monoisotopic (exact) mass is 225 g/mol. The van der Waals surface area contributed by atoms with Crippen LogP contribution in [0.5, 0.6) is 11.5 Å². The predicted molar refractivity (Wildman–Crippen MR) is 63.9 cm³/mol. The van der Waals surface area contributed by atoms with Crippen LogP contribution in [0.3, 0.4) is 0 Å². The molecular weight excluding hydrogens is 206 g/mol. The average molecular weight is 225 g/mol. The number of benzene rings is 1. The number of aryl methyl sites for hydroxylation is 1. The number of carbonyl (C=O) groups is 1. The number of carbonyl (C=O) groups excluding carboxylic acids is 1. The molecule has 16 heavy (non-hydrogen) atoms. The largest absolute Gasteiger partial charge is 0.493 e. The molecule has 0 aliphatic heterocycles. The van der Waals surface area contributed by atoms with E-state index in [2.05, 4.69) is 0 Å². The van der Waals surface area contributed by atoms with Gasteiger partial charge in [0, 0.05) is 0 Å². The van der Waals surface area contributed by atoms with Gasteiger partial charge in [0.1, 0.15) is 0 Å². The third kappa shape index (κ3) is 4.21. The highest BCUT2D eigenvalue weighted by atomic mass is 16.6. The highest BCUT2D eigenvalue weighted by molar-refractivity contribution is 5.69. The predicted octanol–water partition coefficient (Wildman–Crippen LogP) is 2.74. The molecule has 4 nitrogen and oxygen atoms in total. The molecule has 0 spiro atoms. The Kier molecular flexibility index (Phi) is 6.76. The Hall–Kier alpha value is -1.71. The minimum atomic E-state index is -0.840. The summed E-state index contributed by atoms with van der Waals surface area (Å²) < 4.78 is 9.81. The minimum absolute atomic E-state index is 0.345. The van der Waals surface area contributed by atoms with Crippen molar-refractivity contribution < 1.29 is 14.3 Å². The molecule has 1 rings (SSSR count). The molecule has 0 radical (unpaired) electrons. The molecular formula is C12H19NO3. The molecule has 1 amide bonds. The third-order valence-electron chi connectivity index (χ3n) is 1.85. The summed E-state index contributed by atoms with van der Waals surface area (Å²) in [7, 11) is 1.52. The number of ether oxygens (including phenoxy) is 2. The van der Waals surface area contributed by atoms with Crippen LogP contribution in [0.4, 0.5) is 4.79 Å². The van der Waals surface area contributed by atoms with Crippen LogP contribution in [0.15, 0.2) is 18.2 Å². The quantitative estimate of drug-likeness (QED) is 0.860. The van der Waals surface area contributed by atoms with Gasteiger partial charge in [-0.1, -0.05) is 26.8 Å². The molecule has 90 valence electrons. The second-order valence-electron chi connectivity index (χ2n) is 2.76. The van der Waals surface area contributed by atoms with Crippen LogP contribution in [0.25, 0.3) is 0 Å². The van der Waals surface area contributed by atoms with Crippen LogP contribution >= 0.6 is 0 Å². The molecule has 0 saturated carbocycles. The first-order valence-corrected chi connectivity index (χ1v) is 5.31. The first kappa shape index (κ1) is 14.3. The first-order chi connectivity index (χ1) is 7.67. The Bertz CT molecular complexity index is 337. The fraction of sp³-hybridized carbons (Fsp3) is 0.417. The summed E-state index contributed by atoms with van der Waals surface area (Å²) in [5, 5.41) is 0. The first-order valence-electron chi connectivity index (χ1n) is 5.31. The van der Waals surface area contributed by atoms with Gasteiger partial charge in [-0.15, -0.1) is 0 Å². The molecule has 0 bridgehead atoms. The lowest BCUT2D eigenvalue weighted by atomic mass is 10.1. The maximum Gasteiger partial charge on any atom is 0.410 e. The smallest absolute Gasteiger partial charge is 0.410 e. The summed E-state index contributed by atoms with van der Waals surface area (Å²) in [5.41, 5.74) is 6.01. The van der Waals surface area contributed by atoms with Crippen molar-refractivity contribution in [3.05, 3.63) is 23.8 Å². The van der Waals surface area contributed by atoms with Gasteiger partial charge in [-0.05, 0) is 24.1 Å². The van der Waals surface area contributed by atoms with E-state index in [-0.39, 0.29) is 0 Å². The minimum Gasteiger partial charge on any atom is -0.493 e. The Morgan fingerprint density at radius 2 is 1.94 bits per heavy atom. The molecule has 0 aliphatic rings. The SMILES string of the molecule is CC.CCc1ccc(OC(N)=O)c(OC)c1. The zero-order valence-electron chi connectivity index (χ0n) is 10.2. The summed E-state index contributed by atoms with van der Waals surface area (Å²) in [4.78, 5) is 10.5. The van der Waals surface area contributed by atoms with E-state index in [9.17, 15) is 4.79 Å². The molecule has 1 aromatic rings. The van der Waals surface area contributed by atoms with Crippen molar-refractivity contribution >= 4 is 6.09 Å². The fourth-order valence-electron chi connectivity index (χ4n) is 1.12. The number of primary amides is 1. The van der Waals surface area contributed by atoms with Gasteiger partial charge < -0.3 is 15.2 Å². The third-order valence-corrected chi connectivity index (χ3v) is 1.85. The number of nitrogens with two attached hydrogens (primary N) is 1. The maximum atomic E-state index is 10.5.